The van der Waals surface area contributed by atoms with Crippen molar-refractivity contribution in [3.8, 4) is 0 Å². The van der Waals surface area contributed by atoms with Crippen molar-refractivity contribution in [1.82, 2.24) is 25.5 Å². The van der Waals surface area contributed by atoms with Crippen LogP contribution in [-0.4, -0.2) is 38.0 Å². The third-order valence-electron chi connectivity index (χ3n) is 1.70. The molecular weight excluding hydrogens is 206 g/mol. The second-order valence-corrected chi connectivity index (χ2v) is 3.51. The van der Waals surface area contributed by atoms with Gasteiger partial charge in [-0.2, -0.15) is 0 Å². The van der Waals surface area contributed by atoms with Gasteiger partial charge < -0.3 is 5.32 Å². The van der Waals surface area contributed by atoms with Crippen LogP contribution in [-0.2, 0) is 11.3 Å². The molecule has 6 nitrogen and oxygen atoms in total. The molecule has 0 saturated carbocycles. The molecule has 1 amide bonds. The molecule has 0 saturated heterocycles. The zero-order chi connectivity index (χ0) is 10.6. The Labute approximate surface area is 86.6 Å². The Kier molecular flexibility index (Phi) is 3.82. The monoisotopic (exact) mass is 217 g/mol. The summed E-state index contributed by atoms with van der Waals surface area (Å²) in [6.45, 7) is 4.45. The van der Waals surface area contributed by atoms with Crippen molar-refractivity contribution < 1.29 is 4.79 Å². The van der Waals surface area contributed by atoms with Gasteiger partial charge in [0.1, 0.15) is 11.2 Å². The van der Waals surface area contributed by atoms with E-state index in [1.165, 1.54) is 0 Å². The number of alkyl halides is 1. The molecule has 1 heterocycles. The van der Waals surface area contributed by atoms with Gasteiger partial charge in [-0.15, -0.1) is 16.7 Å². The van der Waals surface area contributed by atoms with E-state index in [1.807, 2.05) is 0 Å². The molecule has 14 heavy (non-hydrogen) atoms. The fraction of sp³-hybridized carbons (Fsp3) is 0.714. The van der Waals surface area contributed by atoms with Gasteiger partial charge in [-0.25, -0.2) is 4.68 Å². The number of nitrogens with one attached hydrogen (secondary N) is 1. The Morgan fingerprint density at radius 2 is 2.43 bits per heavy atom. The first kappa shape index (κ1) is 10.9. The average Bonchev–Trinajstić information content (AvgIpc) is 2.51. The van der Waals surface area contributed by atoms with Crippen LogP contribution in [0.25, 0.3) is 0 Å². The zero-order valence-electron chi connectivity index (χ0n) is 8.07. The Morgan fingerprint density at radius 3 is 2.93 bits per heavy atom. The Hall–Kier alpha value is -1.17. The lowest BCUT2D eigenvalue weighted by Crippen LogP contribution is -2.32. The molecule has 1 aromatic rings. The minimum Gasteiger partial charge on any atom is -0.353 e. The minimum absolute atomic E-state index is 0.183. The summed E-state index contributed by atoms with van der Waals surface area (Å²) in [5, 5.41) is 13.1. The third kappa shape index (κ3) is 2.95. The molecular formula is C7H12ClN5O. The van der Waals surface area contributed by atoms with Gasteiger partial charge in [0.15, 0.2) is 0 Å². The SMILES string of the molecule is Cc1nnnn1CCNC(=O)C(C)Cl. The number of hydrogen-bond acceptors (Lipinski definition) is 4. The highest BCUT2D eigenvalue weighted by Gasteiger charge is 2.07. The summed E-state index contributed by atoms with van der Waals surface area (Å²) >= 11 is 5.56. The van der Waals surface area contributed by atoms with Crippen LogP contribution in [0.2, 0.25) is 0 Å². The summed E-state index contributed by atoms with van der Waals surface area (Å²) in [4.78, 5) is 11.1. The number of carbonyl (C=O) groups excluding carboxylic acids is 1. The molecule has 78 valence electrons. The second-order valence-electron chi connectivity index (χ2n) is 2.86. The highest BCUT2D eigenvalue weighted by molar-refractivity contribution is 6.30. The lowest BCUT2D eigenvalue weighted by Gasteiger charge is -2.06. The smallest absolute Gasteiger partial charge is 0.237 e. The van der Waals surface area contributed by atoms with Crippen LogP contribution in [0.5, 0.6) is 0 Å². The number of hydrogen-bond donors (Lipinski definition) is 1. The highest BCUT2D eigenvalue weighted by Crippen LogP contribution is 1.92. The van der Waals surface area contributed by atoms with Gasteiger partial charge in [-0.1, -0.05) is 0 Å². The number of aryl methyl sites for hydroxylation is 1. The predicted octanol–water partition coefficient (Wildman–Crippen LogP) is -0.275. The average molecular weight is 218 g/mol. The van der Waals surface area contributed by atoms with Gasteiger partial charge in [0.2, 0.25) is 5.91 Å². The molecule has 1 rings (SSSR count). The van der Waals surface area contributed by atoms with Crippen LogP contribution in [0.1, 0.15) is 12.7 Å². The molecule has 1 unspecified atom stereocenters. The van der Waals surface area contributed by atoms with Crippen molar-refractivity contribution in [1.29, 1.82) is 0 Å². The van der Waals surface area contributed by atoms with E-state index in [-0.39, 0.29) is 5.91 Å². The molecule has 0 bridgehead atoms. The van der Waals surface area contributed by atoms with Crippen LogP contribution >= 0.6 is 11.6 Å². The van der Waals surface area contributed by atoms with E-state index in [9.17, 15) is 4.79 Å². The fourth-order valence-corrected chi connectivity index (χ4v) is 0.959. The van der Waals surface area contributed by atoms with Gasteiger partial charge >= 0.3 is 0 Å². The molecule has 0 aliphatic heterocycles. The number of nitrogens with zero attached hydrogens (tertiary/aromatic N) is 4. The highest BCUT2D eigenvalue weighted by atomic mass is 35.5. The largest absolute Gasteiger partial charge is 0.353 e. The number of amides is 1. The minimum atomic E-state index is -0.509. The van der Waals surface area contributed by atoms with Crippen LogP contribution in [0, 0.1) is 6.92 Å². The second kappa shape index (κ2) is 4.90. The number of rotatable bonds is 4. The Bertz CT molecular complexity index is 311. The van der Waals surface area contributed by atoms with E-state index in [1.54, 1.807) is 18.5 Å². The molecule has 0 aliphatic carbocycles. The van der Waals surface area contributed by atoms with Crippen molar-refractivity contribution >= 4 is 17.5 Å². The predicted molar refractivity (Wildman–Crippen MR) is 50.9 cm³/mol. The van der Waals surface area contributed by atoms with E-state index >= 15 is 0 Å². The van der Waals surface area contributed by atoms with E-state index in [2.05, 4.69) is 20.8 Å². The Balaban J connectivity index is 2.29. The van der Waals surface area contributed by atoms with Crippen molar-refractivity contribution in [3.05, 3.63) is 5.82 Å². The number of tetrazole rings is 1. The lowest BCUT2D eigenvalue weighted by atomic mass is 10.4. The molecule has 0 spiro atoms. The fourth-order valence-electron chi connectivity index (χ4n) is 0.882. The maximum atomic E-state index is 11.1. The van der Waals surface area contributed by atoms with E-state index in [0.29, 0.717) is 13.1 Å². The van der Waals surface area contributed by atoms with E-state index < -0.39 is 5.38 Å². The van der Waals surface area contributed by atoms with Crippen LogP contribution in [0.4, 0.5) is 0 Å². The third-order valence-corrected chi connectivity index (χ3v) is 1.89. The molecule has 0 fully saturated rings. The van der Waals surface area contributed by atoms with E-state index in [4.69, 9.17) is 11.6 Å². The maximum Gasteiger partial charge on any atom is 0.237 e. The van der Waals surface area contributed by atoms with Crippen molar-refractivity contribution in [2.45, 2.75) is 25.8 Å². The van der Waals surface area contributed by atoms with Gasteiger partial charge in [0.05, 0.1) is 6.54 Å². The first-order valence-electron chi connectivity index (χ1n) is 4.26. The number of carbonyl (C=O) groups is 1. The topological polar surface area (TPSA) is 72.7 Å². The molecule has 0 aromatic carbocycles. The molecule has 0 aliphatic rings. The van der Waals surface area contributed by atoms with Crippen LogP contribution in [0.15, 0.2) is 0 Å². The zero-order valence-corrected chi connectivity index (χ0v) is 8.82. The quantitative estimate of drug-likeness (QED) is 0.705. The van der Waals surface area contributed by atoms with Gasteiger partial charge in [-0.05, 0) is 24.3 Å². The Morgan fingerprint density at radius 1 is 1.71 bits per heavy atom. The molecule has 1 N–H and O–H groups in total. The molecule has 1 aromatic heterocycles. The standard InChI is InChI=1S/C7H12ClN5O/c1-5(8)7(14)9-3-4-13-6(2)10-11-12-13/h5H,3-4H2,1-2H3,(H,9,14). The van der Waals surface area contributed by atoms with Gasteiger partial charge in [-0.3, -0.25) is 4.79 Å². The molecule has 0 radical (unpaired) electrons. The first-order chi connectivity index (χ1) is 6.61. The van der Waals surface area contributed by atoms with Crippen molar-refractivity contribution in [2.24, 2.45) is 0 Å². The van der Waals surface area contributed by atoms with Crippen molar-refractivity contribution in [3.63, 3.8) is 0 Å². The summed E-state index contributed by atoms with van der Waals surface area (Å²) in [5.74, 6) is 0.538. The molecule has 1 atom stereocenters. The summed E-state index contributed by atoms with van der Waals surface area (Å²) in [7, 11) is 0. The first-order valence-corrected chi connectivity index (χ1v) is 4.69. The van der Waals surface area contributed by atoms with Crippen LogP contribution < -0.4 is 5.32 Å². The van der Waals surface area contributed by atoms with Crippen molar-refractivity contribution in [2.75, 3.05) is 6.54 Å². The van der Waals surface area contributed by atoms with E-state index in [0.717, 1.165) is 5.82 Å². The van der Waals surface area contributed by atoms with Gasteiger partial charge in [0, 0.05) is 6.54 Å². The molecule has 7 heteroatoms. The number of halogens is 1. The normalized spacial score (nSPS) is 12.5. The van der Waals surface area contributed by atoms with Gasteiger partial charge in [0.25, 0.3) is 0 Å². The summed E-state index contributed by atoms with van der Waals surface area (Å²) in [5.41, 5.74) is 0. The number of aromatic nitrogens is 4. The summed E-state index contributed by atoms with van der Waals surface area (Å²) < 4.78 is 1.61. The summed E-state index contributed by atoms with van der Waals surface area (Å²) in [6.07, 6.45) is 0. The summed E-state index contributed by atoms with van der Waals surface area (Å²) in [6, 6.07) is 0. The maximum absolute atomic E-state index is 11.1. The van der Waals surface area contributed by atoms with Crippen LogP contribution in [0.3, 0.4) is 0 Å². The lowest BCUT2D eigenvalue weighted by molar-refractivity contribution is -0.120.